The first-order chi connectivity index (χ1) is 15.4. The molecular formula is C26H21N5. The van der Waals surface area contributed by atoms with Crippen molar-refractivity contribution in [3.63, 3.8) is 0 Å². The van der Waals surface area contributed by atoms with Gasteiger partial charge in [-0.3, -0.25) is 0 Å². The Kier molecular flexibility index (Phi) is 5.14. The molecule has 0 saturated heterocycles. The Morgan fingerprint density at radius 2 is 1.26 bits per heavy atom. The highest BCUT2D eigenvalue weighted by Gasteiger charge is 2.11. The number of nitrogens with one attached hydrogen (secondary N) is 2. The largest absolute Gasteiger partial charge is 0.323 e. The Balaban J connectivity index is 1.36. The van der Waals surface area contributed by atoms with Gasteiger partial charge in [-0.05, 0) is 54.1 Å². The summed E-state index contributed by atoms with van der Waals surface area (Å²) in [5, 5.41) is 4.32. The molecule has 0 fully saturated rings. The summed E-state index contributed by atoms with van der Waals surface area (Å²) in [4.78, 5) is 9.89. The van der Waals surface area contributed by atoms with Gasteiger partial charge in [-0.2, -0.15) is 5.10 Å². The van der Waals surface area contributed by atoms with Crippen LogP contribution in [0.3, 0.4) is 0 Å². The van der Waals surface area contributed by atoms with Crippen LogP contribution >= 0.6 is 0 Å². The first-order valence-corrected chi connectivity index (χ1v) is 10.1. The maximum absolute atomic E-state index is 4.46. The zero-order chi connectivity index (χ0) is 20.9. The number of anilines is 4. The van der Waals surface area contributed by atoms with E-state index in [4.69, 9.17) is 0 Å². The molecule has 5 heteroatoms. The number of aromatic nitrogens is 2. The number of rotatable bonds is 6. The lowest BCUT2D eigenvalue weighted by Gasteiger charge is -2.25. The van der Waals surface area contributed by atoms with Gasteiger partial charge in [0.1, 0.15) is 0 Å². The van der Waals surface area contributed by atoms with Gasteiger partial charge in [0, 0.05) is 17.1 Å². The zero-order valence-electron chi connectivity index (χ0n) is 16.8. The molecule has 5 aromatic rings. The molecule has 0 spiro atoms. The molecule has 5 nitrogen and oxygen atoms in total. The van der Waals surface area contributed by atoms with Crippen LogP contribution in [0.2, 0.25) is 0 Å². The highest BCUT2D eigenvalue weighted by Crippen LogP contribution is 2.33. The molecule has 0 saturated carbocycles. The van der Waals surface area contributed by atoms with Gasteiger partial charge < -0.3 is 9.88 Å². The van der Waals surface area contributed by atoms with E-state index in [-0.39, 0.29) is 0 Å². The van der Waals surface area contributed by atoms with Crippen molar-refractivity contribution in [1.29, 1.82) is 0 Å². The summed E-state index contributed by atoms with van der Waals surface area (Å²) in [6.07, 6.45) is 1.78. The third-order valence-corrected chi connectivity index (χ3v) is 4.95. The average molecular weight is 403 g/mol. The standard InChI is InChI=1S/C26H21N5/c1-3-9-21(10-4-1)31(22-11-5-2-6-12-22)23-17-15-20(16-18-23)19-27-30-26-28-24-13-7-8-14-25(24)29-26/h1-19H,(H2,28,29,30). The maximum Gasteiger partial charge on any atom is 0.222 e. The fourth-order valence-corrected chi connectivity index (χ4v) is 3.48. The average Bonchev–Trinajstić information content (AvgIpc) is 3.25. The van der Waals surface area contributed by atoms with Gasteiger partial charge in [-0.25, -0.2) is 10.4 Å². The van der Waals surface area contributed by atoms with Gasteiger partial charge in [0.25, 0.3) is 0 Å². The van der Waals surface area contributed by atoms with Crippen molar-refractivity contribution in [2.24, 2.45) is 5.10 Å². The van der Waals surface area contributed by atoms with Crippen molar-refractivity contribution in [3.8, 4) is 0 Å². The molecule has 31 heavy (non-hydrogen) atoms. The van der Waals surface area contributed by atoms with E-state index in [0.29, 0.717) is 5.95 Å². The molecule has 1 aromatic heterocycles. The van der Waals surface area contributed by atoms with Crippen LogP contribution in [0.25, 0.3) is 11.0 Å². The molecule has 4 aromatic carbocycles. The highest BCUT2D eigenvalue weighted by molar-refractivity contribution is 5.83. The number of aromatic amines is 1. The predicted molar refractivity (Wildman–Crippen MR) is 128 cm³/mol. The van der Waals surface area contributed by atoms with Gasteiger partial charge in [-0.1, -0.05) is 60.7 Å². The second-order valence-corrected chi connectivity index (χ2v) is 7.07. The predicted octanol–water partition coefficient (Wildman–Crippen LogP) is 6.48. The van der Waals surface area contributed by atoms with Crippen LogP contribution in [-0.4, -0.2) is 16.2 Å². The van der Waals surface area contributed by atoms with Gasteiger partial charge >= 0.3 is 0 Å². The van der Waals surface area contributed by atoms with Crippen molar-refractivity contribution in [3.05, 3.63) is 115 Å². The molecule has 0 radical (unpaired) electrons. The number of fused-ring (bicyclic) bond motifs is 1. The smallest absolute Gasteiger partial charge is 0.222 e. The molecule has 2 N–H and O–H groups in total. The minimum absolute atomic E-state index is 0.619. The van der Waals surface area contributed by atoms with E-state index in [1.54, 1.807) is 6.21 Å². The number of nitrogens with zero attached hydrogens (tertiary/aromatic N) is 3. The van der Waals surface area contributed by atoms with E-state index >= 15 is 0 Å². The Morgan fingerprint density at radius 1 is 0.677 bits per heavy atom. The fraction of sp³-hybridized carbons (Fsp3) is 0. The molecule has 0 bridgehead atoms. The SMILES string of the molecule is C(=NNc1nc2ccccc2[nH]1)c1ccc(N(c2ccccc2)c2ccccc2)cc1. The molecule has 1 heterocycles. The molecule has 0 amide bonds. The fourth-order valence-electron chi connectivity index (χ4n) is 3.48. The van der Waals surface area contributed by atoms with Crippen molar-refractivity contribution in [1.82, 2.24) is 9.97 Å². The zero-order valence-corrected chi connectivity index (χ0v) is 16.8. The quantitative estimate of drug-likeness (QED) is 0.252. The molecule has 0 aliphatic carbocycles. The lowest BCUT2D eigenvalue weighted by molar-refractivity contribution is 1.21. The van der Waals surface area contributed by atoms with Crippen LogP contribution < -0.4 is 10.3 Å². The van der Waals surface area contributed by atoms with Crippen LogP contribution in [0.4, 0.5) is 23.0 Å². The van der Waals surface area contributed by atoms with Gasteiger partial charge in [0.15, 0.2) is 0 Å². The summed E-state index contributed by atoms with van der Waals surface area (Å²) in [6.45, 7) is 0. The monoisotopic (exact) mass is 403 g/mol. The van der Waals surface area contributed by atoms with Gasteiger partial charge in [-0.15, -0.1) is 0 Å². The second kappa shape index (κ2) is 8.55. The van der Waals surface area contributed by atoms with Crippen molar-refractivity contribution in [2.75, 3.05) is 10.3 Å². The van der Waals surface area contributed by atoms with E-state index in [2.05, 4.69) is 98.2 Å². The molecule has 0 atom stereocenters. The highest BCUT2D eigenvalue weighted by atomic mass is 15.3. The summed E-state index contributed by atoms with van der Waals surface area (Å²) >= 11 is 0. The van der Waals surface area contributed by atoms with E-state index in [1.807, 2.05) is 36.4 Å². The van der Waals surface area contributed by atoms with Crippen molar-refractivity contribution >= 4 is 40.3 Å². The summed E-state index contributed by atoms with van der Waals surface area (Å²) in [6, 6.07) is 36.9. The normalized spacial score (nSPS) is 11.1. The lowest BCUT2D eigenvalue weighted by atomic mass is 10.1. The number of H-pyrrole nitrogens is 1. The van der Waals surface area contributed by atoms with E-state index < -0.39 is 0 Å². The van der Waals surface area contributed by atoms with E-state index in [0.717, 1.165) is 33.7 Å². The molecular weight excluding hydrogens is 382 g/mol. The van der Waals surface area contributed by atoms with Gasteiger partial charge in [0.05, 0.1) is 17.2 Å². The summed E-state index contributed by atoms with van der Waals surface area (Å²) in [5.74, 6) is 0.619. The van der Waals surface area contributed by atoms with Crippen LogP contribution in [0.15, 0.2) is 114 Å². The number of para-hydroxylation sites is 4. The number of hydrogen-bond donors (Lipinski definition) is 2. The lowest BCUT2D eigenvalue weighted by Crippen LogP contribution is -2.09. The Morgan fingerprint density at radius 3 is 1.90 bits per heavy atom. The maximum atomic E-state index is 4.46. The Hall–Kier alpha value is -4.38. The van der Waals surface area contributed by atoms with Crippen LogP contribution in [-0.2, 0) is 0 Å². The third kappa shape index (κ3) is 4.16. The van der Waals surface area contributed by atoms with Gasteiger partial charge in [0.2, 0.25) is 5.95 Å². The van der Waals surface area contributed by atoms with Crippen LogP contribution in [0, 0.1) is 0 Å². The third-order valence-electron chi connectivity index (χ3n) is 4.95. The first kappa shape index (κ1) is 18.6. The molecule has 0 aliphatic rings. The van der Waals surface area contributed by atoms with Crippen LogP contribution in [0.5, 0.6) is 0 Å². The Labute approximate surface area is 180 Å². The minimum atomic E-state index is 0.619. The molecule has 0 unspecified atom stereocenters. The van der Waals surface area contributed by atoms with E-state index in [9.17, 15) is 0 Å². The summed E-state index contributed by atoms with van der Waals surface area (Å²) in [5.41, 5.74) is 9.15. The minimum Gasteiger partial charge on any atom is -0.323 e. The molecule has 150 valence electrons. The number of benzene rings is 4. The Bertz CT molecular complexity index is 1220. The topological polar surface area (TPSA) is 56.3 Å². The number of imidazole rings is 1. The van der Waals surface area contributed by atoms with E-state index in [1.165, 1.54) is 0 Å². The molecule has 5 rings (SSSR count). The number of hydrogen-bond acceptors (Lipinski definition) is 4. The summed E-state index contributed by atoms with van der Waals surface area (Å²) < 4.78 is 0. The van der Waals surface area contributed by atoms with Crippen molar-refractivity contribution < 1.29 is 0 Å². The first-order valence-electron chi connectivity index (χ1n) is 10.1. The van der Waals surface area contributed by atoms with Crippen molar-refractivity contribution in [2.45, 2.75) is 0 Å². The second-order valence-electron chi connectivity index (χ2n) is 7.07. The molecule has 0 aliphatic heterocycles. The number of hydrazone groups is 1. The van der Waals surface area contributed by atoms with Crippen LogP contribution in [0.1, 0.15) is 5.56 Å². The summed E-state index contributed by atoms with van der Waals surface area (Å²) in [7, 11) is 0.